The normalized spacial score (nSPS) is 17.6. The minimum absolute atomic E-state index is 0.0516. The minimum Gasteiger partial charge on any atom is -0.386 e. The Balaban J connectivity index is 1.83. The van der Waals surface area contributed by atoms with E-state index in [1.807, 2.05) is 6.92 Å². The highest BCUT2D eigenvalue weighted by Crippen LogP contribution is 2.25. The maximum atomic E-state index is 11.9. The lowest BCUT2D eigenvalue weighted by atomic mass is 9.89. The van der Waals surface area contributed by atoms with E-state index >= 15 is 0 Å². The molecule has 1 amide bonds. The average molecular weight is 253 g/mol. The van der Waals surface area contributed by atoms with Crippen molar-refractivity contribution < 1.29 is 9.90 Å². The zero-order valence-electron chi connectivity index (χ0n) is 10.5. The molecule has 7 heteroatoms. The van der Waals surface area contributed by atoms with Crippen LogP contribution in [0.3, 0.4) is 0 Å². The summed E-state index contributed by atoms with van der Waals surface area (Å²) >= 11 is 0. The van der Waals surface area contributed by atoms with Gasteiger partial charge in [-0.1, -0.05) is 18.6 Å². The molecule has 18 heavy (non-hydrogen) atoms. The van der Waals surface area contributed by atoms with Gasteiger partial charge in [0.25, 0.3) is 0 Å². The minimum atomic E-state index is -0.685. The van der Waals surface area contributed by atoms with Crippen molar-refractivity contribution >= 4 is 5.91 Å². The summed E-state index contributed by atoms with van der Waals surface area (Å²) in [5, 5.41) is 17.6. The number of carbonyl (C=O) groups excluding carboxylic acids is 1. The smallest absolute Gasteiger partial charge is 0.244 e. The molecule has 0 aliphatic carbocycles. The fourth-order valence-corrected chi connectivity index (χ4v) is 2.21. The molecule has 100 valence electrons. The Kier molecular flexibility index (Phi) is 3.63. The van der Waals surface area contributed by atoms with Crippen molar-refractivity contribution in [2.75, 3.05) is 13.1 Å². The fourth-order valence-electron chi connectivity index (χ4n) is 2.21. The molecule has 2 heterocycles. The maximum absolute atomic E-state index is 11.9. The van der Waals surface area contributed by atoms with E-state index in [2.05, 4.69) is 10.3 Å². The molecule has 0 spiro atoms. The monoisotopic (exact) mass is 253 g/mol. The first-order valence-corrected chi connectivity index (χ1v) is 6.15. The van der Waals surface area contributed by atoms with Crippen molar-refractivity contribution in [1.29, 1.82) is 0 Å². The van der Waals surface area contributed by atoms with Gasteiger partial charge in [-0.15, -0.1) is 5.10 Å². The lowest BCUT2D eigenvalue weighted by molar-refractivity contribution is -0.157. The SMILES string of the molecule is CCCC1(O)CN(C(=O)Cn2cc(CN)nn2)C1. The summed E-state index contributed by atoms with van der Waals surface area (Å²) in [6.45, 7) is 3.31. The third-order valence-electron chi connectivity index (χ3n) is 3.13. The van der Waals surface area contributed by atoms with Crippen molar-refractivity contribution in [2.45, 2.75) is 38.5 Å². The van der Waals surface area contributed by atoms with E-state index in [0.717, 1.165) is 12.8 Å². The van der Waals surface area contributed by atoms with Crippen LogP contribution in [0, 0.1) is 0 Å². The molecule has 2 rings (SSSR count). The summed E-state index contributed by atoms with van der Waals surface area (Å²) in [6.07, 6.45) is 3.31. The molecule has 1 saturated heterocycles. The van der Waals surface area contributed by atoms with Crippen LogP contribution in [0.1, 0.15) is 25.5 Å². The Morgan fingerprint density at radius 2 is 2.33 bits per heavy atom. The van der Waals surface area contributed by atoms with Crippen LogP contribution in [0.25, 0.3) is 0 Å². The molecule has 1 aliphatic heterocycles. The predicted molar refractivity (Wildman–Crippen MR) is 64.4 cm³/mol. The Hall–Kier alpha value is -1.47. The van der Waals surface area contributed by atoms with Gasteiger partial charge >= 0.3 is 0 Å². The number of hydrogen-bond donors (Lipinski definition) is 2. The van der Waals surface area contributed by atoms with Gasteiger partial charge in [0.15, 0.2) is 0 Å². The van der Waals surface area contributed by atoms with E-state index in [1.54, 1.807) is 11.1 Å². The molecule has 0 aromatic carbocycles. The number of aromatic nitrogens is 3. The van der Waals surface area contributed by atoms with Gasteiger partial charge in [0, 0.05) is 6.54 Å². The molecule has 1 aliphatic rings. The summed E-state index contributed by atoms with van der Waals surface area (Å²) in [5.74, 6) is -0.0516. The van der Waals surface area contributed by atoms with Gasteiger partial charge in [0.1, 0.15) is 6.54 Å². The van der Waals surface area contributed by atoms with Crippen LogP contribution < -0.4 is 5.73 Å². The molecule has 0 saturated carbocycles. The van der Waals surface area contributed by atoms with Gasteiger partial charge < -0.3 is 15.7 Å². The highest BCUT2D eigenvalue weighted by molar-refractivity contribution is 5.77. The van der Waals surface area contributed by atoms with Crippen molar-refractivity contribution in [1.82, 2.24) is 19.9 Å². The number of nitrogens with zero attached hydrogens (tertiary/aromatic N) is 4. The number of amides is 1. The molecule has 0 atom stereocenters. The summed E-state index contributed by atoms with van der Waals surface area (Å²) in [5.41, 5.74) is 5.39. The number of rotatable bonds is 5. The van der Waals surface area contributed by atoms with E-state index in [1.165, 1.54) is 4.68 Å². The first-order chi connectivity index (χ1) is 8.56. The van der Waals surface area contributed by atoms with Gasteiger partial charge in [-0.05, 0) is 6.42 Å². The number of carbonyl (C=O) groups is 1. The van der Waals surface area contributed by atoms with Crippen LogP contribution in [0.2, 0.25) is 0 Å². The van der Waals surface area contributed by atoms with Gasteiger partial charge in [0.2, 0.25) is 5.91 Å². The fraction of sp³-hybridized carbons (Fsp3) is 0.727. The summed E-state index contributed by atoms with van der Waals surface area (Å²) < 4.78 is 1.47. The van der Waals surface area contributed by atoms with E-state index in [9.17, 15) is 9.90 Å². The molecular formula is C11H19N5O2. The number of nitrogens with two attached hydrogens (primary N) is 1. The number of β-amino-alcohol motifs (C(OH)–C–C–N with tert-alkyl or cyclic N) is 1. The zero-order chi connectivity index (χ0) is 13.2. The van der Waals surface area contributed by atoms with Crippen LogP contribution in [0.4, 0.5) is 0 Å². The topological polar surface area (TPSA) is 97.3 Å². The van der Waals surface area contributed by atoms with E-state index in [0.29, 0.717) is 25.3 Å². The lowest BCUT2D eigenvalue weighted by Crippen LogP contribution is -2.63. The molecule has 1 aromatic rings. The molecular weight excluding hydrogens is 234 g/mol. The largest absolute Gasteiger partial charge is 0.386 e. The summed E-state index contributed by atoms with van der Waals surface area (Å²) in [6, 6.07) is 0. The highest BCUT2D eigenvalue weighted by Gasteiger charge is 2.42. The second-order valence-corrected chi connectivity index (χ2v) is 4.84. The van der Waals surface area contributed by atoms with Gasteiger partial charge in [-0.25, -0.2) is 4.68 Å². The van der Waals surface area contributed by atoms with Crippen LogP contribution in [-0.2, 0) is 17.9 Å². The molecule has 0 radical (unpaired) electrons. The molecule has 0 unspecified atom stereocenters. The van der Waals surface area contributed by atoms with Gasteiger partial charge in [-0.2, -0.15) is 0 Å². The first-order valence-electron chi connectivity index (χ1n) is 6.15. The molecule has 1 fully saturated rings. The molecule has 1 aromatic heterocycles. The lowest BCUT2D eigenvalue weighted by Gasteiger charge is -2.46. The Bertz CT molecular complexity index is 425. The van der Waals surface area contributed by atoms with E-state index in [4.69, 9.17) is 5.73 Å². The quantitative estimate of drug-likeness (QED) is 0.709. The second kappa shape index (κ2) is 5.03. The molecule has 0 bridgehead atoms. The number of hydrogen-bond acceptors (Lipinski definition) is 5. The summed E-state index contributed by atoms with van der Waals surface area (Å²) in [4.78, 5) is 13.5. The van der Waals surface area contributed by atoms with Crippen LogP contribution in [0.5, 0.6) is 0 Å². The van der Waals surface area contributed by atoms with Crippen molar-refractivity contribution in [3.63, 3.8) is 0 Å². The first kappa shape index (κ1) is 13.0. The van der Waals surface area contributed by atoms with Crippen LogP contribution in [0.15, 0.2) is 6.20 Å². The highest BCUT2D eigenvalue weighted by atomic mass is 16.3. The molecule has 3 N–H and O–H groups in total. The standard InChI is InChI=1S/C11H19N5O2/c1-2-3-11(18)7-15(8-11)10(17)6-16-5-9(4-12)13-14-16/h5,18H,2-4,6-8,12H2,1H3. The average Bonchev–Trinajstić information content (AvgIpc) is 2.73. The van der Waals surface area contributed by atoms with Gasteiger partial charge in [0.05, 0.1) is 30.6 Å². The van der Waals surface area contributed by atoms with Gasteiger partial charge in [-0.3, -0.25) is 4.79 Å². The Labute approximate surface area is 106 Å². The predicted octanol–water partition coefficient (Wildman–Crippen LogP) is -0.890. The van der Waals surface area contributed by atoms with E-state index < -0.39 is 5.60 Å². The number of aliphatic hydroxyl groups is 1. The van der Waals surface area contributed by atoms with E-state index in [-0.39, 0.29) is 12.5 Å². The second-order valence-electron chi connectivity index (χ2n) is 4.84. The zero-order valence-corrected chi connectivity index (χ0v) is 10.5. The van der Waals surface area contributed by atoms with Crippen molar-refractivity contribution in [3.8, 4) is 0 Å². The molecule has 7 nitrogen and oxygen atoms in total. The summed E-state index contributed by atoms with van der Waals surface area (Å²) in [7, 11) is 0. The van der Waals surface area contributed by atoms with Crippen LogP contribution >= 0.6 is 0 Å². The van der Waals surface area contributed by atoms with Crippen LogP contribution in [-0.4, -0.2) is 49.6 Å². The van der Waals surface area contributed by atoms with Crippen molar-refractivity contribution in [2.24, 2.45) is 5.73 Å². The van der Waals surface area contributed by atoms with Crippen molar-refractivity contribution in [3.05, 3.63) is 11.9 Å². The number of likely N-dealkylation sites (tertiary alicyclic amines) is 1. The third-order valence-corrected chi connectivity index (χ3v) is 3.13. The third kappa shape index (κ3) is 2.68. The Morgan fingerprint density at radius 3 is 2.89 bits per heavy atom. The maximum Gasteiger partial charge on any atom is 0.244 e. The Morgan fingerprint density at radius 1 is 1.61 bits per heavy atom.